The smallest absolute Gasteiger partial charge is 0.125 e. The van der Waals surface area contributed by atoms with E-state index in [4.69, 9.17) is 4.74 Å². The van der Waals surface area contributed by atoms with Crippen LogP contribution in [0.3, 0.4) is 0 Å². The maximum Gasteiger partial charge on any atom is 0.125 e. The molecule has 1 aromatic carbocycles. The first kappa shape index (κ1) is 10.1. The van der Waals surface area contributed by atoms with Crippen molar-refractivity contribution in [3.8, 4) is 5.75 Å². The molecule has 0 saturated carbocycles. The van der Waals surface area contributed by atoms with E-state index in [1.165, 1.54) is 11.1 Å². The lowest BCUT2D eigenvalue weighted by molar-refractivity contribution is 0.404. The predicted molar refractivity (Wildman–Crippen MR) is 56.1 cm³/mol. The summed E-state index contributed by atoms with van der Waals surface area (Å²) in [5.41, 5.74) is 2.46. The summed E-state index contributed by atoms with van der Waals surface area (Å²) in [7, 11) is 1.72. The van der Waals surface area contributed by atoms with Crippen LogP contribution in [0.25, 0.3) is 0 Å². The first-order valence-corrected chi connectivity index (χ1v) is 4.69. The molecule has 0 aliphatic rings. The van der Waals surface area contributed by atoms with Crippen molar-refractivity contribution in [1.29, 1.82) is 0 Å². The number of rotatable bonds is 3. The molecule has 0 amide bonds. The van der Waals surface area contributed by atoms with Crippen LogP contribution in [0.2, 0.25) is 0 Å². The summed E-state index contributed by atoms with van der Waals surface area (Å²) < 4.78 is 5.39. The average Bonchev–Trinajstić information content (AvgIpc) is 2.16. The summed E-state index contributed by atoms with van der Waals surface area (Å²) in [6, 6.07) is 6.25. The summed E-state index contributed by atoms with van der Waals surface area (Å²) in [4.78, 5) is 0. The lowest BCUT2D eigenvalue weighted by Gasteiger charge is -2.14. The number of ether oxygens (including phenoxy) is 1. The maximum atomic E-state index is 5.39. The third-order valence-corrected chi connectivity index (χ3v) is 2.24. The highest BCUT2D eigenvalue weighted by Gasteiger charge is 2.09. The summed E-state index contributed by atoms with van der Waals surface area (Å²) in [6.07, 6.45) is 1.00. The van der Waals surface area contributed by atoms with E-state index in [0.717, 1.165) is 12.2 Å². The predicted octanol–water partition coefficient (Wildman–Crippen LogP) is 3.20. The third-order valence-electron chi connectivity index (χ3n) is 2.24. The van der Waals surface area contributed by atoms with Crippen molar-refractivity contribution < 1.29 is 4.74 Å². The highest BCUT2D eigenvalue weighted by atomic mass is 16.5. The van der Waals surface area contributed by atoms with Crippen LogP contribution >= 0.6 is 0 Å². The monoisotopic (exact) mass is 177 g/mol. The molecule has 1 nitrogen and oxygen atoms in total. The molecular formula is C12H17O. The standard InChI is InChI=1S/C12H17O/c1-5-10-7-6-8-11(9(2)3)12(10)13-4/h6-9H,2,5H2,1,3-4H3. The summed E-state index contributed by atoms with van der Waals surface area (Å²) in [5, 5.41) is 0. The van der Waals surface area contributed by atoms with Gasteiger partial charge in [-0.2, -0.15) is 0 Å². The van der Waals surface area contributed by atoms with Crippen LogP contribution in [-0.4, -0.2) is 7.11 Å². The Hall–Kier alpha value is -0.980. The normalized spacial score (nSPS) is 10.5. The Morgan fingerprint density at radius 3 is 2.62 bits per heavy atom. The number of hydrogen-bond donors (Lipinski definition) is 0. The van der Waals surface area contributed by atoms with Crippen LogP contribution in [0.4, 0.5) is 0 Å². The van der Waals surface area contributed by atoms with E-state index in [0.29, 0.717) is 0 Å². The second-order valence-electron chi connectivity index (χ2n) is 3.29. The zero-order valence-corrected chi connectivity index (χ0v) is 8.63. The second kappa shape index (κ2) is 4.31. The van der Waals surface area contributed by atoms with Gasteiger partial charge in [0.2, 0.25) is 0 Å². The summed E-state index contributed by atoms with van der Waals surface area (Å²) in [5.74, 6) is 1.29. The van der Waals surface area contributed by atoms with Gasteiger partial charge in [0.25, 0.3) is 0 Å². The number of methoxy groups -OCH3 is 1. The van der Waals surface area contributed by atoms with Gasteiger partial charge in [0.05, 0.1) is 7.11 Å². The number of para-hydroxylation sites is 1. The molecule has 0 heterocycles. The van der Waals surface area contributed by atoms with E-state index in [2.05, 4.69) is 39.0 Å². The Morgan fingerprint density at radius 2 is 2.15 bits per heavy atom. The highest BCUT2D eigenvalue weighted by molar-refractivity contribution is 5.43. The molecule has 71 valence electrons. The van der Waals surface area contributed by atoms with E-state index >= 15 is 0 Å². The van der Waals surface area contributed by atoms with Crippen molar-refractivity contribution in [2.75, 3.05) is 7.11 Å². The zero-order valence-electron chi connectivity index (χ0n) is 8.63. The minimum atomic E-state index is 0.279. The largest absolute Gasteiger partial charge is 0.496 e. The van der Waals surface area contributed by atoms with Crippen LogP contribution in [0.15, 0.2) is 18.2 Å². The number of benzene rings is 1. The molecule has 1 unspecified atom stereocenters. The molecule has 0 aliphatic carbocycles. The Kier molecular flexibility index (Phi) is 3.35. The van der Waals surface area contributed by atoms with Gasteiger partial charge in [-0.05, 0) is 30.4 Å². The molecule has 0 spiro atoms. The molecule has 0 bridgehead atoms. The topological polar surface area (TPSA) is 9.23 Å². The Labute approximate surface area is 80.7 Å². The van der Waals surface area contributed by atoms with Gasteiger partial charge in [0.15, 0.2) is 0 Å². The Balaban J connectivity index is 3.19. The fourth-order valence-corrected chi connectivity index (χ4v) is 1.52. The molecule has 0 fully saturated rings. The van der Waals surface area contributed by atoms with Crippen molar-refractivity contribution in [3.63, 3.8) is 0 Å². The van der Waals surface area contributed by atoms with Crippen LogP contribution in [0, 0.1) is 6.92 Å². The van der Waals surface area contributed by atoms with Gasteiger partial charge in [0.1, 0.15) is 5.75 Å². The van der Waals surface area contributed by atoms with Gasteiger partial charge in [-0.15, -0.1) is 0 Å². The van der Waals surface area contributed by atoms with E-state index in [-0.39, 0.29) is 5.92 Å². The molecule has 1 atom stereocenters. The molecule has 1 heteroatoms. The average molecular weight is 177 g/mol. The van der Waals surface area contributed by atoms with Gasteiger partial charge in [-0.25, -0.2) is 0 Å². The zero-order chi connectivity index (χ0) is 9.84. The van der Waals surface area contributed by atoms with Crippen molar-refractivity contribution in [2.24, 2.45) is 0 Å². The molecule has 1 radical (unpaired) electrons. The first-order chi connectivity index (χ1) is 6.20. The fourth-order valence-electron chi connectivity index (χ4n) is 1.52. The van der Waals surface area contributed by atoms with Crippen LogP contribution < -0.4 is 4.74 Å². The number of hydrogen-bond acceptors (Lipinski definition) is 1. The molecule has 1 rings (SSSR count). The molecule has 0 saturated heterocycles. The summed E-state index contributed by atoms with van der Waals surface area (Å²) in [6.45, 7) is 8.23. The van der Waals surface area contributed by atoms with E-state index in [1.807, 2.05) is 0 Å². The van der Waals surface area contributed by atoms with Gasteiger partial charge >= 0.3 is 0 Å². The van der Waals surface area contributed by atoms with E-state index < -0.39 is 0 Å². The van der Waals surface area contributed by atoms with Crippen molar-refractivity contribution in [2.45, 2.75) is 26.2 Å². The van der Waals surface area contributed by atoms with Gasteiger partial charge < -0.3 is 4.74 Å². The fraction of sp³-hybridized carbons (Fsp3) is 0.417. The molecule has 13 heavy (non-hydrogen) atoms. The van der Waals surface area contributed by atoms with Crippen molar-refractivity contribution >= 4 is 0 Å². The lowest BCUT2D eigenvalue weighted by Crippen LogP contribution is -1.98. The number of aryl methyl sites for hydroxylation is 1. The second-order valence-corrected chi connectivity index (χ2v) is 3.29. The minimum absolute atomic E-state index is 0.279. The quantitative estimate of drug-likeness (QED) is 0.689. The van der Waals surface area contributed by atoms with E-state index in [9.17, 15) is 0 Å². The maximum absolute atomic E-state index is 5.39. The van der Waals surface area contributed by atoms with Crippen LogP contribution in [-0.2, 0) is 6.42 Å². The molecule has 0 N–H and O–H groups in total. The molecular weight excluding hydrogens is 160 g/mol. The lowest BCUT2D eigenvalue weighted by atomic mass is 9.98. The van der Waals surface area contributed by atoms with Crippen LogP contribution in [0.1, 0.15) is 30.9 Å². The Morgan fingerprint density at radius 1 is 1.46 bits per heavy atom. The first-order valence-electron chi connectivity index (χ1n) is 4.69. The van der Waals surface area contributed by atoms with Crippen molar-refractivity contribution in [1.82, 2.24) is 0 Å². The minimum Gasteiger partial charge on any atom is -0.496 e. The van der Waals surface area contributed by atoms with Crippen LogP contribution in [0.5, 0.6) is 5.75 Å². The van der Waals surface area contributed by atoms with Gasteiger partial charge in [0, 0.05) is 0 Å². The third kappa shape index (κ3) is 2.03. The molecule has 0 aromatic heterocycles. The Bertz CT molecular complexity index is 276. The SMILES string of the molecule is [CH2]C(C)c1cccc(CC)c1OC. The summed E-state index contributed by atoms with van der Waals surface area (Å²) >= 11 is 0. The molecule has 0 aliphatic heterocycles. The van der Waals surface area contributed by atoms with Gasteiger partial charge in [-0.1, -0.05) is 32.0 Å². The molecule has 1 aromatic rings. The van der Waals surface area contributed by atoms with Crippen molar-refractivity contribution in [3.05, 3.63) is 36.2 Å². The van der Waals surface area contributed by atoms with E-state index in [1.54, 1.807) is 7.11 Å². The highest BCUT2D eigenvalue weighted by Crippen LogP contribution is 2.29. The van der Waals surface area contributed by atoms with Gasteiger partial charge in [-0.3, -0.25) is 0 Å².